The number of carboxylic acids is 1. The molecule has 0 aliphatic heterocycles. The van der Waals surface area contributed by atoms with Crippen molar-refractivity contribution >= 4 is 31.1 Å². The second-order valence-electron chi connectivity index (χ2n) is 15.2. The molecule has 3 aromatic rings. The number of nitrogens with zero attached hydrogens (tertiary/aromatic N) is 2. The third-order valence-corrected chi connectivity index (χ3v) is 12.5. The summed E-state index contributed by atoms with van der Waals surface area (Å²) >= 11 is 6.26. The number of rotatable bonds is 14. The molecular formula is C39H51ClN3O7P. The average molecular weight is 740 g/mol. The Morgan fingerprint density at radius 1 is 1.16 bits per heavy atom. The summed E-state index contributed by atoms with van der Waals surface area (Å²) in [5.74, 6) is 1.16. The summed E-state index contributed by atoms with van der Waals surface area (Å²) in [7, 11) is -0.645. The summed E-state index contributed by atoms with van der Waals surface area (Å²) in [4.78, 5) is 30.0. The Morgan fingerprint density at radius 3 is 2.67 bits per heavy atom. The topological polar surface area (TPSA) is 130 Å². The number of pyridine rings is 1. The van der Waals surface area contributed by atoms with Crippen molar-refractivity contribution in [2.45, 2.75) is 88.5 Å². The van der Waals surface area contributed by atoms with Crippen molar-refractivity contribution in [3.63, 3.8) is 0 Å². The summed E-state index contributed by atoms with van der Waals surface area (Å²) in [6, 6.07) is 14.8. The lowest BCUT2D eigenvalue weighted by molar-refractivity contribution is -0.144. The van der Waals surface area contributed by atoms with Gasteiger partial charge in [-0.3, -0.25) is 14.4 Å². The molecule has 0 radical (unpaired) electrons. The van der Waals surface area contributed by atoms with Gasteiger partial charge in [0.05, 0.1) is 13.2 Å². The van der Waals surface area contributed by atoms with Crippen molar-refractivity contribution in [3.05, 3.63) is 82.1 Å². The van der Waals surface area contributed by atoms with E-state index >= 15 is 0 Å². The largest absolute Gasteiger partial charge is 0.527 e. The van der Waals surface area contributed by atoms with Crippen LogP contribution < -0.4 is 14.6 Å². The standard InChI is InChI=1S/C39H51ClN3O7P/c1-26(25-48-35-13-18-41-34-10-5-7-27(2)36(34)35)21-29-22-28-11-12-32(50-51(46,47)49-20-19-43(3)4)24-33(28)38(29)14-16-39(17-15-38,37(44)45)42-31-9-6-8-30(40)23-31/h6,8-9,11-13,18,23-24,26-27,29,42H,5,7,10,14-17,19-22,25H2,1-4H3,(H,44,45)(H,46,47)/t26-,27-,29+,38-,39-/m1/s1. The van der Waals surface area contributed by atoms with Gasteiger partial charge in [-0.05, 0) is 143 Å². The van der Waals surface area contributed by atoms with E-state index < -0.39 is 19.3 Å². The van der Waals surface area contributed by atoms with Gasteiger partial charge in [-0.15, -0.1) is 0 Å². The first-order valence-electron chi connectivity index (χ1n) is 18.1. The summed E-state index contributed by atoms with van der Waals surface area (Å²) in [6.45, 7) is 5.56. The maximum absolute atomic E-state index is 12.9. The van der Waals surface area contributed by atoms with E-state index in [0.717, 1.165) is 54.7 Å². The molecule has 1 aromatic heterocycles. The maximum atomic E-state index is 12.9. The molecule has 1 heterocycles. The summed E-state index contributed by atoms with van der Waals surface area (Å²) in [5.41, 5.74) is 3.76. The predicted octanol–water partition coefficient (Wildman–Crippen LogP) is 8.26. The van der Waals surface area contributed by atoms with E-state index in [2.05, 4.69) is 24.1 Å². The van der Waals surface area contributed by atoms with E-state index in [-0.39, 0.29) is 29.6 Å². The molecule has 2 aromatic carbocycles. The molecule has 276 valence electrons. The first kappa shape index (κ1) is 37.6. The van der Waals surface area contributed by atoms with Crippen molar-refractivity contribution in [2.24, 2.45) is 11.8 Å². The monoisotopic (exact) mass is 739 g/mol. The highest BCUT2D eigenvalue weighted by Crippen LogP contribution is 2.57. The van der Waals surface area contributed by atoms with Crippen LogP contribution in [0, 0.1) is 11.8 Å². The number of fused-ring (bicyclic) bond motifs is 3. The van der Waals surface area contributed by atoms with Gasteiger partial charge < -0.3 is 24.6 Å². The van der Waals surface area contributed by atoms with Crippen LogP contribution in [0.2, 0.25) is 5.02 Å². The zero-order valence-corrected chi connectivity index (χ0v) is 31.7. The van der Waals surface area contributed by atoms with Crippen LogP contribution in [-0.2, 0) is 32.1 Å². The zero-order valence-electron chi connectivity index (χ0n) is 30.1. The first-order chi connectivity index (χ1) is 24.3. The van der Waals surface area contributed by atoms with E-state index in [1.165, 1.54) is 5.56 Å². The van der Waals surface area contributed by atoms with Gasteiger partial charge in [0.1, 0.15) is 17.0 Å². The predicted molar refractivity (Wildman–Crippen MR) is 199 cm³/mol. The smallest absolute Gasteiger partial charge is 0.493 e. The van der Waals surface area contributed by atoms with Gasteiger partial charge >= 0.3 is 13.8 Å². The molecule has 3 N–H and O–H groups in total. The fraction of sp³-hybridized carbons (Fsp3) is 0.538. The van der Waals surface area contributed by atoms with Crippen LogP contribution in [0.25, 0.3) is 0 Å². The Kier molecular flexibility index (Phi) is 11.4. The number of aliphatic carboxylic acids is 1. The summed E-state index contributed by atoms with van der Waals surface area (Å²) in [6.07, 6.45) is 8.85. The molecule has 51 heavy (non-hydrogen) atoms. The minimum absolute atomic E-state index is 0.0514. The second-order valence-corrected chi connectivity index (χ2v) is 17.0. The number of ether oxygens (including phenoxy) is 1. The van der Waals surface area contributed by atoms with Crippen LogP contribution >= 0.6 is 19.4 Å². The minimum atomic E-state index is -4.36. The van der Waals surface area contributed by atoms with Crippen LogP contribution in [0.1, 0.15) is 87.1 Å². The van der Waals surface area contributed by atoms with Crippen LogP contribution in [0.15, 0.2) is 54.7 Å². The number of hydrogen-bond donors (Lipinski definition) is 3. The number of aromatic nitrogens is 1. The number of benzene rings is 2. The highest BCUT2D eigenvalue weighted by Gasteiger charge is 2.54. The van der Waals surface area contributed by atoms with Crippen LogP contribution in [0.3, 0.4) is 0 Å². The third kappa shape index (κ3) is 8.42. The van der Waals surface area contributed by atoms with Crippen molar-refractivity contribution in [3.8, 4) is 11.5 Å². The van der Waals surface area contributed by atoms with Crippen molar-refractivity contribution < 1.29 is 33.1 Å². The van der Waals surface area contributed by atoms with Gasteiger partial charge in [-0.2, -0.15) is 0 Å². The number of carbonyl (C=O) groups is 1. The SMILES string of the molecule is C[C@@H](COc1ccnc2c1[C@H](C)CCC2)C[C@H]1Cc2ccc(OP(=O)(O)OCCN(C)C)cc2[C@]12CC[C@@](Nc1cccc(Cl)c1)(C(=O)O)CC2. The maximum Gasteiger partial charge on any atom is 0.527 e. The molecule has 6 rings (SSSR count). The van der Waals surface area contributed by atoms with Gasteiger partial charge in [-0.25, -0.2) is 9.36 Å². The summed E-state index contributed by atoms with van der Waals surface area (Å²) in [5, 5.41) is 14.5. The minimum Gasteiger partial charge on any atom is -0.493 e. The molecule has 1 unspecified atom stereocenters. The first-order valence-corrected chi connectivity index (χ1v) is 20.0. The Bertz CT molecular complexity index is 1760. The highest BCUT2D eigenvalue weighted by atomic mass is 35.5. The number of halogens is 1. The molecule has 1 fully saturated rings. The molecule has 0 saturated heterocycles. The lowest BCUT2D eigenvalue weighted by Gasteiger charge is -2.47. The van der Waals surface area contributed by atoms with E-state index in [1.54, 1.807) is 18.2 Å². The van der Waals surface area contributed by atoms with E-state index in [4.69, 9.17) is 25.4 Å². The second kappa shape index (κ2) is 15.5. The number of anilines is 1. The van der Waals surface area contributed by atoms with Crippen molar-refractivity contribution in [2.75, 3.05) is 39.2 Å². The van der Waals surface area contributed by atoms with Crippen molar-refractivity contribution in [1.82, 2.24) is 9.88 Å². The Balaban J connectivity index is 1.24. The molecule has 3 aliphatic rings. The van der Waals surface area contributed by atoms with E-state index in [1.807, 2.05) is 55.5 Å². The molecule has 0 amide bonds. The van der Waals surface area contributed by atoms with E-state index in [0.29, 0.717) is 55.5 Å². The molecule has 10 nitrogen and oxygen atoms in total. The lowest BCUT2D eigenvalue weighted by atomic mass is 9.59. The Labute approximate surface area is 306 Å². The van der Waals surface area contributed by atoms with Crippen LogP contribution in [0.4, 0.5) is 5.69 Å². The number of aryl methyl sites for hydroxylation is 1. The Morgan fingerprint density at radius 2 is 1.94 bits per heavy atom. The summed E-state index contributed by atoms with van der Waals surface area (Å²) < 4.78 is 30.3. The van der Waals surface area contributed by atoms with Crippen molar-refractivity contribution in [1.29, 1.82) is 0 Å². The molecule has 1 saturated carbocycles. The number of phosphoric ester groups is 1. The average Bonchev–Trinajstić information content (AvgIpc) is 3.35. The van der Waals surface area contributed by atoms with E-state index in [9.17, 15) is 19.4 Å². The molecule has 3 aliphatic carbocycles. The van der Waals surface area contributed by atoms with Crippen LogP contribution in [-0.4, -0.2) is 65.2 Å². The van der Waals surface area contributed by atoms with Crippen LogP contribution in [0.5, 0.6) is 11.5 Å². The van der Waals surface area contributed by atoms with Gasteiger partial charge in [0.25, 0.3) is 0 Å². The third-order valence-electron chi connectivity index (χ3n) is 11.3. The van der Waals surface area contributed by atoms with Gasteiger partial charge in [-0.1, -0.05) is 37.6 Å². The molecule has 4 atom stereocenters. The number of carboxylic acid groups (broad SMARTS) is 1. The Hall–Kier alpha value is -3.14. The van der Waals surface area contributed by atoms with Gasteiger partial charge in [0, 0.05) is 34.7 Å². The fourth-order valence-electron chi connectivity index (χ4n) is 8.63. The fourth-order valence-corrected chi connectivity index (χ4v) is 9.57. The molecular weight excluding hydrogens is 689 g/mol. The molecule has 1 spiro atoms. The van der Waals surface area contributed by atoms with Gasteiger partial charge in [0.2, 0.25) is 0 Å². The number of phosphoric acid groups is 1. The lowest BCUT2D eigenvalue weighted by Crippen LogP contribution is -2.53. The molecule has 0 bridgehead atoms. The number of hydrogen-bond acceptors (Lipinski definition) is 8. The highest BCUT2D eigenvalue weighted by molar-refractivity contribution is 7.47. The number of nitrogens with one attached hydrogen (secondary N) is 1. The molecule has 12 heteroatoms. The normalized spacial score (nSPS) is 25.9. The quantitative estimate of drug-likeness (QED) is 0.139. The van der Waals surface area contributed by atoms with Gasteiger partial charge in [0.15, 0.2) is 0 Å². The zero-order chi connectivity index (χ0) is 36.4. The number of likely N-dealkylation sites (N-methyl/N-ethyl adjacent to an activating group) is 1.